The van der Waals surface area contributed by atoms with E-state index in [9.17, 15) is 4.79 Å². The number of nitrogens with one attached hydrogen (secondary N) is 1. The Kier molecular flexibility index (Phi) is 7.01. The molecule has 5 nitrogen and oxygen atoms in total. The van der Waals surface area contributed by atoms with E-state index >= 15 is 0 Å². The van der Waals surface area contributed by atoms with Crippen LogP contribution in [0.15, 0.2) is 24.3 Å². The van der Waals surface area contributed by atoms with E-state index in [1.54, 1.807) is 0 Å². The number of para-hydroxylation sites is 1. The Balaban J connectivity index is 2.51. The third-order valence-corrected chi connectivity index (χ3v) is 2.25. The summed E-state index contributed by atoms with van der Waals surface area (Å²) in [6, 6.07) is 7.54. The van der Waals surface area contributed by atoms with Crippen LogP contribution >= 0.6 is 0 Å². The molecular formula is C13H20N2O3. The summed E-state index contributed by atoms with van der Waals surface area (Å²) in [6.45, 7) is 3.86. The second kappa shape index (κ2) is 8.63. The molecule has 1 aromatic carbocycles. The zero-order valence-corrected chi connectivity index (χ0v) is 10.6. The van der Waals surface area contributed by atoms with Crippen LogP contribution in [0.5, 0.6) is 0 Å². The molecule has 0 radical (unpaired) electrons. The van der Waals surface area contributed by atoms with Gasteiger partial charge in [-0.1, -0.05) is 18.2 Å². The highest BCUT2D eigenvalue weighted by Crippen LogP contribution is 2.15. The molecule has 18 heavy (non-hydrogen) atoms. The summed E-state index contributed by atoms with van der Waals surface area (Å²) in [5.41, 5.74) is 6.98. The highest BCUT2D eigenvalue weighted by molar-refractivity contribution is 5.92. The van der Waals surface area contributed by atoms with Gasteiger partial charge in [-0.2, -0.15) is 0 Å². The lowest BCUT2D eigenvalue weighted by molar-refractivity contribution is -0.120. The number of carbonyl (C=O) groups is 1. The summed E-state index contributed by atoms with van der Waals surface area (Å²) in [5, 5.41) is 2.79. The number of nitrogens with two attached hydrogens (primary N) is 1. The summed E-state index contributed by atoms with van der Waals surface area (Å²) in [7, 11) is 0. The standard InChI is InChI=1S/C13H20N2O3/c1-2-17-9-11-5-3-4-6-12(11)15-13(16)10-18-8-7-14/h3-6H,2,7-10,14H2,1H3,(H,15,16). The highest BCUT2D eigenvalue weighted by Gasteiger charge is 2.06. The van der Waals surface area contributed by atoms with Gasteiger partial charge >= 0.3 is 0 Å². The molecular weight excluding hydrogens is 232 g/mol. The van der Waals surface area contributed by atoms with E-state index in [0.717, 1.165) is 11.3 Å². The maximum atomic E-state index is 11.6. The molecule has 0 aliphatic carbocycles. The summed E-state index contributed by atoms with van der Waals surface area (Å²) in [5.74, 6) is -0.188. The lowest BCUT2D eigenvalue weighted by Crippen LogP contribution is -2.21. The van der Waals surface area contributed by atoms with Crippen LogP contribution in [0, 0.1) is 0 Å². The van der Waals surface area contributed by atoms with Crippen LogP contribution in [-0.2, 0) is 20.9 Å². The van der Waals surface area contributed by atoms with Crippen molar-refractivity contribution in [2.75, 3.05) is 31.7 Å². The Morgan fingerprint density at radius 1 is 1.33 bits per heavy atom. The predicted octanol–water partition coefficient (Wildman–Crippen LogP) is 1.14. The Labute approximate surface area is 107 Å². The Bertz CT molecular complexity index is 369. The molecule has 0 bridgehead atoms. The van der Waals surface area contributed by atoms with Gasteiger partial charge in [0, 0.05) is 24.4 Å². The molecule has 0 heterocycles. The van der Waals surface area contributed by atoms with E-state index in [-0.39, 0.29) is 12.5 Å². The molecule has 0 aliphatic rings. The predicted molar refractivity (Wildman–Crippen MR) is 70.3 cm³/mol. The maximum absolute atomic E-state index is 11.6. The fourth-order valence-corrected chi connectivity index (χ4v) is 1.41. The number of hydrogen-bond donors (Lipinski definition) is 2. The first-order valence-electron chi connectivity index (χ1n) is 6.01. The van der Waals surface area contributed by atoms with Gasteiger partial charge in [0.05, 0.1) is 13.2 Å². The highest BCUT2D eigenvalue weighted by atomic mass is 16.5. The molecule has 0 saturated heterocycles. The first-order chi connectivity index (χ1) is 8.77. The normalized spacial score (nSPS) is 10.3. The lowest BCUT2D eigenvalue weighted by Gasteiger charge is -2.11. The van der Waals surface area contributed by atoms with Gasteiger partial charge in [0.2, 0.25) is 5.91 Å². The van der Waals surface area contributed by atoms with Gasteiger partial charge in [-0.05, 0) is 13.0 Å². The van der Waals surface area contributed by atoms with Crippen LogP contribution in [0.1, 0.15) is 12.5 Å². The average molecular weight is 252 g/mol. The molecule has 5 heteroatoms. The van der Waals surface area contributed by atoms with Crippen LogP contribution in [0.3, 0.4) is 0 Å². The molecule has 0 aliphatic heterocycles. The zero-order valence-electron chi connectivity index (χ0n) is 10.6. The van der Waals surface area contributed by atoms with E-state index in [1.165, 1.54) is 0 Å². The first-order valence-corrected chi connectivity index (χ1v) is 6.01. The Hall–Kier alpha value is -1.43. The minimum absolute atomic E-state index is 0.0141. The number of ether oxygens (including phenoxy) is 2. The Morgan fingerprint density at radius 2 is 2.11 bits per heavy atom. The van der Waals surface area contributed by atoms with Crippen molar-refractivity contribution in [1.29, 1.82) is 0 Å². The van der Waals surface area contributed by atoms with Gasteiger partial charge < -0.3 is 20.5 Å². The third kappa shape index (κ3) is 5.27. The molecule has 0 fully saturated rings. The lowest BCUT2D eigenvalue weighted by atomic mass is 10.2. The summed E-state index contributed by atoms with van der Waals surface area (Å²) in [4.78, 5) is 11.6. The monoisotopic (exact) mass is 252 g/mol. The molecule has 3 N–H and O–H groups in total. The van der Waals surface area contributed by atoms with Crippen LogP contribution in [0.4, 0.5) is 5.69 Å². The third-order valence-electron chi connectivity index (χ3n) is 2.25. The fraction of sp³-hybridized carbons (Fsp3) is 0.462. The first kappa shape index (κ1) is 14.6. The van der Waals surface area contributed by atoms with Crippen molar-refractivity contribution in [2.24, 2.45) is 5.73 Å². The van der Waals surface area contributed by atoms with Crippen molar-refractivity contribution in [3.05, 3.63) is 29.8 Å². The smallest absolute Gasteiger partial charge is 0.250 e. The average Bonchev–Trinajstić information content (AvgIpc) is 2.38. The number of rotatable bonds is 8. The number of benzene rings is 1. The minimum atomic E-state index is -0.188. The van der Waals surface area contributed by atoms with E-state index in [1.807, 2.05) is 31.2 Å². The second-order valence-corrected chi connectivity index (χ2v) is 3.68. The molecule has 0 aromatic heterocycles. The molecule has 1 amide bonds. The number of anilines is 1. The molecule has 100 valence electrons. The van der Waals surface area contributed by atoms with Gasteiger partial charge in [0.25, 0.3) is 0 Å². The van der Waals surface area contributed by atoms with Crippen molar-refractivity contribution in [3.8, 4) is 0 Å². The number of amides is 1. The molecule has 0 atom stereocenters. The molecule has 1 rings (SSSR count). The summed E-state index contributed by atoms with van der Waals surface area (Å²) >= 11 is 0. The van der Waals surface area contributed by atoms with Gasteiger partial charge in [-0.3, -0.25) is 4.79 Å². The number of carbonyl (C=O) groups excluding carboxylic acids is 1. The SMILES string of the molecule is CCOCc1ccccc1NC(=O)COCCN. The van der Waals surface area contributed by atoms with E-state index in [0.29, 0.717) is 26.4 Å². The van der Waals surface area contributed by atoms with Crippen LogP contribution in [0.2, 0.25) is 0 Å². The maximum Gasteiger partial charge on any atom is 0.250 e. The van der Waals surface area contributed by atoms with Crippen LogP contribution < -0.4 is 11.1 Å². The largest absolute Gasteiger partial charge is 0.377 e. The van der Waals surface area contributed by atoms with Gasteiger partial charge in [0.1, 0.15) is 6.61 Å². The van der Waals surface area contributed by atoms with Gasteiger partial charge in [0.15, 0.2) is 0 Å². The van der Waals surface area contributed by atoms with E-state index in [4.69, 9.17) is 15.2 Å². The fourth-order valence-electron chi connectivity index (χ4n) is 1.41. The van der Waals surface area contributed by atoms with E-state index in [2.05, 4.69) is 5.32 Å². The van der Waals surface area contributed by atoms with E-state index < -0.39 is 0 Å². The van der Waals surface area contributed by atoms with Crippen molar-refractivity contribution in [2.45, 2.75) is 13.5 Å². The second-order valence-electron chi connectivity index (χ2n) is 3.68. The van der Waals surface area contributed by atoms with Crippen molar-refractivity contribution < 1.29 is 14.3 Å². The molecule has 0 spiro atoms. The zero-order chi connectivity index (χ0) is 13.2. The molecule has 0 saturated carbocycles. The van der Waals surface area contributed by atoms with Crippen LogP contribution in [0.25, 0.3) is 0 Å². The Morgan fingerprint density at radius 3 is 2.83 bits per heavy atom. The molecule has 1 aromatic rings. The van der Waals surface area contributed by atoms with Gasteiger partial charge in [-0.15, -0.1) is 0 Å². The summed E-state index contributed by atoms with van der Waals surface area (Å²) in [6.07, 6.45) is 0. The van der Waals surface area contributed by atoms with Crippen LogP contribution in [-0.4, -0.2) is 32.3 Å². The van der Waals surface area contributed by atoms with Crippen molar-refractivity contribution in [3.63, 3.8) is 0 Å². The number of hydrogen-bond acceptors (Lipinski definition) is 4. The summed E-state index contributed by atoms with van der Waals surface area (Å²) < 4.78 is 10.4. The van der Waals surface area contributed by atoms with Crippen molar-refractivity contribution >= 4 is 11.6 Å². The quantitative estimate of drug-likeness (QED) is 0.680. The minimum Gasteiger partial charge on any atom is -0.377 e. The molecule has 0 unspecified atom stereocenters. The van der Waals surface area contributed by atoms with Gasteiger partial charge in [-0.25, -0.2) is 0 Å². The topological polar surface area (TPSA) is 73.6 Å². The van der Waals surface area contributed by atoms with Crippen molar-refractivity contribution in [1.82, 2.24) is 0 Å².